The number of likely N-dealkylation sites (tertiary alicyclic amines) is 1. The van der Waals surface area contributed by atoms with Gasteiger partial charge in [0.15, 0.2) is 0 Å². The zero-order chi connectivity index (χ0) is 21.5. The van der Waals surface area contributed by atoms with Crippen LogP contribution >= 0.6 is 0 Å². The minimum Gasteiger partial charge on any atom is -0.457 e. The average molecular weight is 418 g/mol. The number of benzene rings is 2. The predicted molar refractivity (Wildman–Crippen MR) is 117 cm³/mol. The quantitative estimate of drug-likeness (QED) is 0.553. The molecule has 2 aromatic carbocycles. The van der Waals surface area contributed by atoms with Crippen LogP contribution in [0.2, 0.25) is 0 Å². The van der Waals surface area contributed by atoms with E-state index in [4.69, 9.17) is 4.74 Å². The third-order valence-electron chi connectivity index (χ3n) is 5.65. The molecule has 1 atom stereocenters. The molecule has 31 heavy (non-hydrogen) atoms. The van der Waals surface area contributed by atoms with Gasteiger partial charge in [0.1, 0.15) is 12.4 Å². The summed E-state index contributed by atoms with van der Waals surface area (Å²) in [7, 11) is 0. The fourth-order valence-electron chi connectivity index (χ4n) is 3.94. The van der Waals surface area contributed by atoms with Crippen LogP contribution in [0.3, 0.4) is 0 Å². The monoisotopic (exact) mass is 417 g/mol. The number of hydrogen-bond donors (Lipinski definition) is 0. The van der Waals surface area contributed by atoms with Crippen LogP contribution in [-0.4, -0.2) is 39.4 Å². The lowest BCUT2D eigenvalue weighted by molar-refractivity contribution is -0.153. The van der Waals surface area contributed by atoms with E-state index in [1.807, 2.05) is 59.3 Å². The van der Waals surface area contributed by atoms with Gasteiger partial charge in [0.25, 0.3) is 0 Å². The molecule has 160 valence electrons. The van der Waals surface area contributed by atoms with Crippen molar-refractivity contribution in [2.75, 3.05) is 13.1 Å². The van der Waals surface area contributed by atoms with Crippen LogP contribution in [0.25, 0.3) is 0 Å². The fourth-order valence-corrected chi connectivity index (χ4v) is 3.94. The zero-order valence-electron chi connectivity index (χ0n) is 17.5. The molecule has 0 bridgehead atoms. The first-order chi connectivity index (χ1) is 15.2. The highest BCUT2D eigenvalue weighted by Gasteiger charge is 2.29. The number of piperidine rings is 1. The predicted octanol–water partition coefficient (Wildman–Crippen LogP) is 3.46. The highest BCUT2D eigenvalue weighted by atomic mass is 16.5. The third kappa shape index (κ3) is 5.60. The van der Waals surface area contributed by atoms with E-state index in [1.54, 1.807) is 11.1 Å². The first-order valence-corrected chi connectivity index (χ1v) is 10.7. The lowest BCUT2D eigenvalue weighted by atomic mass is 9.97. The molecule has 1 aliphatic heterocycles. The summed E-state index contributed by atoms with van der Waals surface area (Å²) in [5, 5.41) is 0. The Morgan fingerprint density at radius 1 is 1.00 bits per heavy atom. The first-order valence-electron chi connectivity index (χ1n) is 10.7. The Morgan fingerprint density at radius 2 is 1.71 bits per heavy atom. The van der Waals surface area contributed by atoms with E-state index in [0.29, 0.717) is 31.9 Å². The lowest BCUT2D eigenvalue weighted by Gasteiger charge is -2.31. The Morgan fingerprint density at radius 3 is 2.45 bits per heavy atom. The van der Waals surface area contributed by atoms with Crippen molar-refractivity contribution >= 4 is 11.9 Å². The summed E-state index contributed by atoms with van der Waals surface area (Å²) in [5.41, 5.74) is 2.15. The van der Waals surface area contributed by atoms with Crippen molar-refractivity contribution in [2.24, 2.45) is 5.92 Å². The van der Waals surface area contributed by atoms with Gasteiger partial charge in [-0.1, -0.05) is 60.7 Å². The van der Waals surface area contributed by atoms with Crippen LogP contribution in [0.5, 0.6) is 0 Å². The van der Waals surface area contributed by atoms with Gasteiger partial charge in [-0.25, -0.2) is 4.98 Å². The van der Waals surface area contributed by atoms with Gasteiger partial charge in [-0.05, 0) is 24.0 Å². The Bertz CT molecular complexity index is 1000. The molecule has 1 aromatic heterocycles. The van der Waals surface area contributed by atoms with Crippen LogP contribution in [0, 0.1) is 5.92 Å². The molecule has 1 amide bonds. The molecular formula is C25H27N3O3. The molecular weight excluding hydrogens is 390 g/mol. The van der Waals surface area contributed by atoms with Crippen LogP contribution in [0.15, 0.2) is 73.1 Å². The molecule has 3 aromatic rings. The number of hydrogen-bond acceptors (Lipinski definition) is 4. The van der Waals surface area contributed by atoms with E-state index in [9.17, 15) is 9.59 Å². The van der Waals surface area contributed by atoms with Gasteiger partial charge >= 0.3 is 5.97 Å². The highest BCUT2D eigenvalue weighted by molar-refractivity contribution is 5.80. The molecule has 1 fully saturated rings. The SMILES string of the molecule is O=C(OCc1nccn1Cc1ccccc1)C1CCCN(C(=O)Cc2ccccc2)C1. The van der Waals surface area contributed by atoms with Crippen LogP contribution in [0.1, 0.15) is 29.8 Å². The molecule has 0 spiro atoms. The van der Waals surface area contributed by atoms with E-state index < -0.39 is 0 Å². The minimum absolute atomic E-state index is 0.0575. The van der Waals surface area contributed by atoms with Crippen molar-refractivity contribution in [1.29, 1.82) is 0 Å². The Hall–Kier alpha value is -3.41. The Balaban J connectivity index is 1.30. The Kier molecular flexibility index (Phi) is 6.77. The summed E-state index contributed by atoms with van der Waals surface area (Å²) >= 11 is 0. The van der Waals surface area contributed by atoms with Crippen LogP contribution in [-0.2, 0) is 33.9 Å². The number of ether oxygens (including phenoxy) is 1. The summed E-state index contributed by atoms with van der Waals surface area (Å²) in [6, 6.07) is 19.8. The first kappa shape index (κ1) is 20.8. The molecule has 0 N–H and O–H groups in total. The summed E-state index contributed by atoms with van der Waals surface area (Å²) in [4.78, 5) is 31.5. The minimum atomic E-state index is -0.286. The summed E-state index contributed by atoms with van der Waals surface area (Å²) in [6.45, 7) is 1.92. The second-order valence-corrected chi connectivity index (χ2v) is 7.91. The summed E-state index contributed by atoms with van der Waals surface area (Å²) < 4.78 is 7.58. The number of carbonyl (C=O) groups excluding carboxylic acids is 2. The Labute approximate surface area is 182 Å². The van der Waals surface area contributed by atoms with Crippen LogP contribution < -0.4 is 0 Å². The number of amides is 1. The molecule has 6 heteroatoms. The van der Waals surface area contributed by atoms with Crippen molar-refractivity contribution in [3.8, 4) is 0 Å². The van der Waals surface area contributed by atoms with Gasteiger partial charge < -0.3 is 14.2 Å². The third-order valence-corrected chi connectivity index (χ3v) is 5.65. The number of rotatable bonds is 7. The number of carbonyl (C=O) groups is 2. The largest absolute Gasteiger partial charge is 0.457 e. The van der Waals surface area contributed by atoms with Crippen molar-refractivity contribution in [3.63, 3.8) is 0 Å². The molecule has 0 aliphatic carbocycles. The van der Waals surface area contributed by atoms with Gasteiger partial charge in [-0.15, -0.1) is 0 Å². The van der Waals surface area contributed by atoms with E-state index in [2.05, 4.69) is 17.1 Å². The second kappa shape index (κ2) is 10.1. The van der Waals surface area contributed by atoms with Crippen molar-refractivity contribution in [3.05, 3.63) is 90.0 Å². The number of aromatic nitrogens is 2. The maximum atomic E-state index is 12.7. The highest BCUT2D eigenvalue weighted by Crippen LogP contribution is 2.20. The zero-order valence-corrected chi connectivity index (χ0v) is 17.5. The van der Waals surface area contributed by atoms with E-state index >= 15 is 0 Å². The van der Waals surface area contributed by atoms with E-state index in [-0.39, 0.29) is 24.4 Å². The smallest absolute Gasteiger partial charge is 0.311 e. The molecule has 1 unspecified atom stereocenters. The average Bonchev–Trinajstić information content (AvgIpc) is 3.25. The molecule has 0 saturated carbocycles. The van der Waals surface area contributed by atoms with Gasteiger partial charge in [0.05, 0.1) is 12.3 Å². The maximum absolute atomic E-state index is 12.7. The van der Waals surface area contributed by atoms with Crippen molar-refractivity contribution in [2.45, 2.75) is 32.4 Å². The van der Waals surface area contributed by atoms with Crippen LogP contribution in [0.4, 0.5) is 0 Å². The lowest BCUT2D eigenvalue weighted by Crippen LogP contribution is -2.43. The van der Waals surface area contributed by atoms with Crippen molar-refractivity contribution < 1.29 is 14.3 Å². The molecule has 1 saturated heterocycles. The number of imidazole rings is 1. The summed E-state index contributed by atoms with van der Waals surface area (Å²) in [5.74, 6) is 0.226. The molecule has 1 aliphatic rings. The second-order valence-electron chi connectivity index (χ2n) is 7.91. The number of nitrogens with zero attached hydrogens (tertiary/aromatic N) is 3. The van der Waals surface area contributed by atoms with Gasteiger partial charge in [-0.2, -0.15) is 0 Å². The van der Waals surface area contributed by atoms with Gasteiger partial charge in [0, 0.05) is 32.0 Å². The topological polar surface area (TPSA) is 64.4 Å². The summed E-state index contributed by atoms with van der Waals surface area (Å²) in [6.07, 6.45) is 5.52. The standard InChI is InChI=1S/C25H27N3O3/c29-24(16-20-8-3-1-4-9-20)28-14-7-12-22(18-28)25(30)31-19-23-26-13-15-27(23)17-21-10-5-2-6-11-21/h1-6,8-11,13,15,22H,7,12,14,16-19H2. The van der Waals surface area contributed by atoms with Crippen molar-refractivity contribution in [1.82, 2.24) is 14.5 Å². The van der Waals surface area contributed by atoms with Gasteiger partial charge in [-0.3, -0.25) is 9.59 Å². The van der Waals surface area contributed by atoms with E-state index in [0.717, 1.165) is 24.0 Å². The normalized spacial score (nSPS) is 16.1. The van der Waals surface area contributed by atoms with E-state index in [1.165, 1.54) is 0 Å². The maximum Gasteiger partial charge on any atom is 0.311 e. The fraction of sp³-hybridized carbons (Fsp3) is 0.320. The molecule has 2 heterocycles. The molecule has 4 rings (SSSR count). The molecule has 6 nitrogen and oxygen atoms in total. The number of esters is 1. The van der Waals surface area contributed by atoms with Gasteiger partial charge in [0.2, 0.25) is 5.91 Å². The molecule has 0 radical (unpaired) electrons.